The number of carbonyl (C=O) groups is 2. The summed E-state index contributed by atoms with van der Waals surface area (Å²) in [5.74, 6) is -1.52. The SMILES string of the molecule is CCCCCCCCCCCCCOCCOCCOCCOCCOCCOCCOCCOCCOCCOCCOCCOCCNC(=O)COCC(=O)O. The largest absolute Gasteiger partial charge is 0.480 e. The fourth-order valence-corrected chi connectivity index (χ4v) is 4.93. The molecule has 0 aromatic heterocycles. The van der Waals surface area contributed by atoms with Crippen LogP contribution in [0.15, 0.2) is 0 Å². The summed E-state index contributed by atoms with van der Waals surface area (Å²) in [4.78, 5) is 21.7. The number of hydrogen-bond acceptors (Lipinski definition) is 15. The van der Waals surface area contributed by atoms with Gasteiger partial charge in [-0.3, -0.25) is 4.79 Å². The summed E-state index contributed by atoms with van der Waals surface area (Å²) in [5, 5.41) is 11.0. The fraction of sp³-hybridized carbons (Fsp3) is 0.951. The molecule has 0 aliphatic carbocycles. The number of rotatable bonds is 52. The van der Waals surface area contributed by atoms with Crippen molar-refractivity contribution < 1.29 is 76.3 Å². The van der Waals surface area contributed by atoms with Gasteiger partial charge in [0.05, 0.1) is 152 Å². The number of carboxylic acid groups (broad SMARTS) is 1. The van der Waals surface area contributed by atoms with Gasteiger partial charge in [-0.25, -0.2) is 4.79 Å². The average Bonchev–Trinajstić information content (AvgIpc) is 3.21. The molecule has 0 spiro atoms. The molecule has 0 aromatic rings. The van der Waals surface area contributed by atoms with Crippen molar-refractivity contribution in [3.05, 3.63) is 0 Å². The maximum atomic E-state index is 11.4. The summed E-state index contributed by atoms with van der Waals surface area (Å²) in [6.07, 6.45) is 14.8. The van der Waals surface area contributed by atoms with E-state index in [2.05, 4.69) is 17.0 Å². The molecule has 0 aliphatic heterocycles. The molecule has 0 radical (unpaired) electrons. The molecule has 0 aliphatic rings. The quantitative estimate of drug-likeness (QED) is 0.0844. The Morgan fingerprint density at radius 1 is 0.328 bits per heavy atom. The first-order chi connectivity index (χ1) is 28.7. The minimum Gasteiger partial charge on any atom is -0.480 e. The number of amides is 1. The third-order valence-corrected chi connectivity index (χ3v) is 8.01. The highest BCUT2D eigenvalue weighted by atomic mass is 16.6. The maximum Gasteiger partial charge on any atom is 0.329 e. The van der Waals surface area contributed by atoms with Crippen LogP contribution in [0.3, 0.4) is 0 Å². The van der Waals surface area contributed by atoms with E-state index in [0.29, 0.717) is 159 Å². The van der Waals surface area contributed by atoms with Crippen LogP contribution in [-0.4, -0.2) is 195 Å². The van der Waals surface area contributed by atoms with Crippen molar-refractivity contribution in [2.75, 3.05) is 178 Å². The summed E-state index contributed by atoms with van der Waals surface area (Å²) in [5.41, 5.74) is 0. The first kappa shape index (κ1) is 56.4. The molecule has 17 nitrogen and oxygen atoms in total. The summed E-state index contributed by atoms with van der Waals surface area (Å²) in [7, 11) is 0. The maximum absolute atomic E-state index is 11.4. The van der Waals surface area contributed by atoms with Gasteiger partial charge in [-0.2, -0.15) is 0 Å². The molecule has 346 valence electrons. The van der Waals surface area contributed by atoms with Crippen LogP contribution in [-0.2, 0) is 71.2 Å². The molecular formula is C41H81NO16. The Labute approximate surface area is 348 Å². The number of hydrogen-bond donors (Lipinski definition) is 2. The van der Waals surface area contributed by atoms with Crippen LogP contribution in [0.5, 0.6) is 0 Å². The smallest absolute Gasteiger partial charge is 0.329 e. The van der Waals surface area contributed by atoms with Gasteiger partial charge >= 0.3 is 5.97 Å². The third-order valence-electron chi connectivity index (χ3n) is 8.01. The summed E-state index contributed by atoms with van der Waals surface area (Å²) < 4.78 is 70.6. The topological polar surface area (TPSA) is 186 Å². The van der Waals surface area contributed by atoms with Crippen LogP contribution < -0.4 is 5.32 Å². The number of carboxylic acids is 1. The van der Waals surface area contributed by atoms with Crippen molar-refractivity contribution in [1.29, 1.82) is 0 Å². The predicted octanol–water partition coefficient (Wildman–Crippen LogP) is 3.71. The molecule has 1 amide bonds. The van der Waals surface area contributed by atoms with E-state index in [9.17, 15) is 9.59 Å². The van der Waals surface area contributed by atoms with Crippen molar-refractivity contribution in [2.45, 2.75) is 77.6 Å². The Bertz CT molecular complexity index is 816. The molecule has 0 rings (SSSR count). The van der Waals surface area contributed by atoms with Gasteiger partial charge in [-0.1, -0.05) is 71.1 Å². The number of nitrogens with one attached hydrogen (secondary N) is 1. The van der Waals surface area contributed by atoms with E-state index in [1.54, 1.807) is 0 Å². The molecule has 0 heterocycles. The Balaban J connectivity index is 3.09. The van der Waals surface area contributed by atoms with Gasteiger partial charge in [-0.15, -0.1) is 0 Å². The van der Waals surface area contributed by atoms with Gasteiger partial charge in [0.25, 0.3) is 0 Å². The van der Waals surface area contributed by atoms with Crippen LogP contribution in [0.25, 0.3) is 0 Å². The Hall–Kier alpha value is -1.58. The number of aliphatic carboxylic acids is 1. The van der Waals surface area contributed by atoms with Crippen LogP contribution in [0, 0.1) is 0 Å². The predicted molar refractivity (Wildman–Crippen MR) is 218 cm³/mol. The Morgan fingerprint density at radius 2 is 0.586 bits per heavy atom. The second kappa shape index (κ2) is 51.6. The standard InChI is InChI=1S/C41H81NO16/c1-2-3-4-5-6-7-8-9-10-11-12-14-46-16-18-48-20-22-50-24-26-52-28-30-54-32-34-56-36-37-57-35-33-55-31-29-53-27-25-51-23-21-49-19-17-47-15-13-42-40(43)38-58-39-41(44)45/h2-39H2,1H3,(H,42,43)(H,44,45). The highest BCUT2D eigenvalue weighted by Gasteiger charge is 2.03. The lowest BCUT2D eigenvalue weighted by molar-refractivity contribution is -0.143. The first-order valence-electron chi connectivity index (χ1n) is 21.7. The van der Waals surface area contributed by atoms with Crippen molar-refractivity contribution in [2.24, 2.45) is 0 Å². The molecule has 0 saturated carbocycles. The van der Waals surface area contributed by atoms with Crippen molar-refractivity contribution >= 4 is 11.9 Å². The molecule has 0 bridgehead atoms. The van der Waals surface area contributed by atoms with E-state index >= 15 is 0 Å². The summed E-state index contributed by atoms with van der Waals surface area (Å²) >= 11 is 0. The lowest BCUT2D eigenvalue weighted by atomic mass is 10.1. The third kappa shape index (κ3) is 52.4. The molecule has 0 saturated heterocycles. The highest BCUT2D eigenvalue weighted by molar-refractivity contribution is 5.77. The number of carbonyl (C=O) groups excluding carboxylic acids is 1. The number of ether oxygens (including phenoxy) is 13. The van der Waals surface area contributed by atoms with E-state index in [1.165, 1.54) is 64.2 Å². The van der Waals surface area contributed by atoms with Gasteiger partial charge in [-0.05, 0) is 6.42 Å². The highest BCUT2D eigenvalue weighted by Crippen LogP contribution is 2.11. The Kier molecular flexibility index (Phi) is 50.2. The summed E-state index contributed by atoms with van der Waals surface area (Å²) in [6, 6.07) is 0. The minimum absolute atomic E-state index is 0.300. The van der Waals surface area contributed by atoms with Gasteiger partial charge in [0, 0.05) is 13.2 Å². The zero-order valence-corrected chi connectivity index (χ0v) is 35.9. The fourth-order valence-electron chi connectivity index (χ4n) is 4.93. The molecule has 2 N–H and O–H groups in total. The minimum atomic E-state index is -1.12. The van der Waals surface area contributed by atoms with E-state index in [1.807, 2.05) is 0 Å². The van der Waals surface area contributed by atoms with E-state index in [0.717, 1.165) is 13.0 Å². The molecule has 0 aromatic carbocycles. The van der Waals surface area contributed by atoms with Crippen LogP contribution >= 0.6 is 0 Å². The van der Waals surface area contributed by atoms with Gasteiger partial charge in [0.15, 0.2) is 0 Å². The normalized spacial score (nSPS) is 11.5. The van der Waals surface area contributed by atoms with Crippen LogP contribution in [0.2, 0.25) is 0 Å². The molecule has 17 heteroatoms. The lowest BCUT2D eigenvalue weighted by Gasteiger charge is -2.09. The molecule has 58 heavy (non-hydrogen) atoms. The van der Waals surface area contributed by atoms with Crippen molar-refractivity contribution in [3.63, 3.8) is 0 Å². The second-order valence-corrected chi connectivity index (χ2v) is 13.1. The molecule has 0 fully saturated rings. The Morgan fingerprint density at radius 3 is 0.879 bits per heavy atom. The lowest BCUT2D eigenvalue weighted by Crippen LogP contribution is -2.31. The van der Waals surface area contributed by atoms with E-state index in [4.69, 9.17) is 61.9 Å². The zero-order valence-electron chi connectivity index (χ0n) is 35.9. The van der Waals surface area contributed by atoms with Crippen molar-refractivity contribution in [1.82, 2.24) is 5.32 Å². The zero-order chi connectivity index (χ0) is 41.9. The van der Waals surface area contributed by atoms with Gasteiger partial charge in [0.1, 0.15) is 13.2 Å². The molecule has 0 atom stereocenters. The van der Waals surface area contributed by atoms with Gasteiger partial charge < -0.3 is 72.0 Å². The van der Waals surface area contributed by atoms with Crippen LogP contribution in [0.1, 0.15) is 77.6 Å². The molecule has 0 unspecified atom stereocenters. The summed E-state index contributed by atoms with van der Waals surface area (Å²) in [6.45, 7) is 13.8. The second-order valence-electron chi connectivity index (χ2n) is 13.1. The van der Waals surface area contributed by atoms with Crippen LogP contribution in [0.4, 0.5) is 0 Å². The van der Waals surface area contributed by atoms with E-state index in [-0.39, 0.29) is 6.61 Å². The number of unbranched alkanes of at least 4 members (excludes halogenated alkanes) is 10. The van der Waals surface area contributed by atoms with Gasteiger partial charge in [0.2, 0.25) is 5.91 Å². The first-order valence-corrected chi connectivity index (χ1v) is 21.7. The van der Waals surface area contributed by atoms with E-state index < -0.39 is 18.5 Å². The van der Waals surface area contributed by atoms with Crippen molar-refractivity contribution in [3.8, 4) is 0 Å². The average molecular weight is 844 g/mol. The molecular weight excluding hydrogens is 762 g/mol. The monoisotopic (exact) mass is 844 g/mol.